The Morgan fingerprint density at radius 1 is 1.07 bits per heavy atom. The quantitative estimate of drug-likeness (QED) is 0.600. The molecule has 4 rings (SSSR count). The highest BCUT2D eigenvalue weighted by Crippen LogP contribution is 2.16. The average Bonchev–Trinajstić information content (AvgIpc) is 2.73. The van der Waals surface area contributed by atoms with Gasteiger partial charge in [0.25, 0.3) is 5.56 Å². The molecule has 3 aromatic rings. The summed E-state index contributed by atoms with van der Waals surface area (Å²) in [4.78, 5) is 28.7. The maximum absolute atomic E-state index is 13.0. The van der Waals surface area contributed by atoms with E-state index < -0.39 is 0 Å². The molecule has 0 radical (unpaired) electrons. The first-order valence-corrected chi connectivity index (χ1v) is 10.3. The molecule has 7 heteroatoms. The monoisotopic (exact) mass is 393 g/mol. The molecular formula is C22H27N5O2. The SMILES string of the molecule is Cc1cccc2nc(C)n(-c3cnc(OCCCN4CCCCC4)nc3)c(=O)c12. The van der Waals surface area contributed by atoms with Crippen LogP contribution in [0.15, 0.2) is 35.4 Å². The van der Waals surface area contributed by atoms with E-state index >= 15 is 0 Å². The van der Waals surface area contributed by atoms with Crippen molar-refractivity contribution in [2.75, 3.05) is 26.2 Å². The summed E-state index contributed by atoms with van der Waals surface area (Å²) in [5.74, 6) is 0.604. The lowest BCUT2D eigenvalue weighted by atomic mass is 10.1. The summed E-state index contributed by atoms with van der Waals surface area (Å²) in [6, 6.07) is 6.03. The van der Waals surface area contributed by atoms with Gasteiger partial charge in [-0.05, 0) is 57.8 Å². The number of hydrogen-bond donors (Lipinski definition) is 0. The lowest BCUT2D eigenvalue weighted by Gasteiger charge is -2.26. The highest BCUT2D eigenvalue weighted by molar-refractivity contribution is 5.81. The molecule has 3 heterocycles. The fourth-order valence-electron chi connectivity index (χ4n) is 3.94. The van der Waals surface area contributed by atoms with Crippen LogP contribution in [0.2, 0.25) is 0 Å². The second kappa shape index (κ2) is 8.69. The van der Waals surface area contributed by atoms with Crippen molar-refractivity contribution in [3.8, 4) is 11.7 Å². The Morgan fingerprint density at radius 2 is 1.83 bits per heavy atom. The van der Waals surface area contributed by atoms with Crippen LogP contribution in [0.3, 0.4) is 0 Å². The molecule has 2 aromatic heterocycles. The predicted molar refractivity (Wildman–Crippen MR) is 113 cm³/mol. The largest absolute Gasteiger partial charge is 0.463 e. The summed E-state index contributed by atoms with van der Waals surface area (Å²) in [7, 11) is 0. The molecule has 0 spiro atoms. The average molecular weight is 393 g/mol. The van der Waals surface area contributed by atoms with E-state index in [0.29, 0.717) is 35.0 Å². The van der Waals surface area contributed by atoms with Crippen LogP contribution in [0.25, 0.3) is 16.6 Å². The van der Waals surface area contributed by atoms with Gasteiger partial charge in [0.05, 0.1) is 35.6 Å². The van der Waals surface area contributed by atoms with Gasteiger partial charge in [-0.1, -0.05) is 18.6 Å². The zero-order valence-corrected chi connectivity index (χ0v) is 17.1. The van der Waals surface area contributed by atoms with Gasteiger partial charge < -0.3 is 9.64 Å². The normalized spacial score (nSPS) is 15.0. The van der Waals surface area contributed by atoms with Crippen LogP contribution in [0, 0.1) is 13.8 Å². The lowest BCUT2D eigenvalue weighted by Crippen LogP contribution is -2.31. The first kappa shape index (κ1) is 19.5. The molecule has 152 valence electrons. The second-order valence-electron chi connectivity index (χ2n) is 7.60. The molecule has 0 bridgehead atoms. The second-order valence-corrected chi connectivity index (χ2v) is 7.60. The van der Waals surface area contributed by atoms with E-state index in [0.717, 1.165) is 18.5 Å². The number of hydrogen-bond acceptors (Lipinski definition) is 6. The minimum Gasteiger partial charge on any atom is -0.463 e. The van der Waals surface area contributed by atoms with E-state index in [1.165, 1.54) is 32.4 Å². The van der Waals surface area contributed by atoms with Crippen LogP contribution < -0.4 is 10.3 Å². The molecule has 0 N–H and O–H groups in total. The van der Waals surface area contributed by atoms with E-state index in [-0.39, 0.29) is 5.56 Å². The highest BCUT2D eigenvalue weighted by atomic mass is 16.5. The van der Waals surface area contributed by atoms with Crippen molar-refractivity contribution in [1.29, 1.82) is 0 Å². The minimum atomic E-state index is -0.107. The van der Waals surface area contributed by atoms with Gasteiger partial charge in [-0.3, -0.25) is 9.36 Å². The molecular weight excluding hydrogens is 366 g/mol. The number of ether oxygens (including phenoxy) is 1. The number of nitrogens with zero attached hydrogens (tertiary/aromatic N) is 5. The topological polar surface area (TPSA) is 73.1 Å². The van der Waals surface area contributed by atoms with Gasteiger partial charge in [0.1, 0.15) is 5.82 Å². The van der Waals surface area contributed by atoms with Crippen LogP contribution in [0.1, 0.15) is 37.1 Å². The first-order valence-electron chi connectivity index (χ1n) is 10.3. The van der Waals surface area contributed by atoms with Gasteiger partial charge in [-0.25, -0.2) is 15.0 Å². The third-order valence-electron chi connectivity index (χ3n) is 5.44. The van der Waals surface area contributed by atoms with E-state index in [4.69, 9.17) is 4.74 Å². The molecule has 29 heavy (non-hydrogen) atoms. The van der Waals surface area contributed by atoms with E-state index in [1.807, 2.05) is 32.0 Å². The number of benzene rings is 1. The number of likely N-dealkylation sites (tertiary alicyclic amines) is 1. The molecule has 0 saturated carbocycles. The van der Waals surface area contributed by atoms with Crippen LogP contribution >= 0.6 is 0 Å². The summed E-state index contributed by atoms with van der Waals surface area (Å²) in [5, 5.41) is 0.621. The molecule has 1 aromatic carbocycles. The number of rotatable bonds is 6. The van der Waals surface area contributed by atoms with Crippen molar-refractivity contribution in [1.82, 2.24) is 24.4 Å². The Hall–Kier alpha value is -2.80. The van der Waals surface area contributed by atoms with Crippen LogP contribution in [0.5, 0.6) is 6.01 Å². The zero-order valence-electron chi connectivity index (χ0n) is 17.1. The van der Waals surface area contributed by atoms with Crippen LogP contribution in [0.4, 0.5) is 0 Å². The van der Waals surface area contributed by atoms with Gasteiger partial charge >= 0.3 is 6.01 Å². The summed E-state index contributed by atoms with van der Waals surface area (Å²) in [6.07, 6.45) is 8.14. The Morgan fingerprint density at radius 3 is 2.59 bits per heavy atom. The fourth-order valence-corrected chi connectivity index (χ4v) is 3.94. The Labute approximate surface area is 170 Å². The van der Waals surface area contributed by atoms with Crippen molar-refractivity contribution in [2.45, 2.75) is 39.5 Å². The van der Waals surface area contributed by atoms with Crippen molar-refractivity contribution in [3.63, 3.8) is 0 Å². The zero-order chi connectivity index (χ0) is 20.2. The third-order valence-corrected chi connectivity index (χ3v) is 5.44. The summed E-state index contributed by atoms with van der Waals surface area (Å²) in [6.45, 7) is 7.76. The van der Waals surface area contributed by atoms with Gasteiger partial charge in [0.2, 0.25) is 0 Å². The molecule has 7 nitrogen and oxygen atoms in total. The van der Waals surface area contributed by atoms with Crippen molar-refractivity contribution < 1.29 is 4.74 Å². The van der Waals surface area contributed by atoms with Gasteiger partial charge in [0.15, 0.2) is 0 Å². The van der Waals surface area contributed by atoms with E-state index in [1.54, 1.807) is 17.0 Å². The number of aryl methyl sites for hydroxylation is 2. The first-order chi connectivity index (χ1) is 14.1. The van der Waals surface area contributed by atoms with Crippen molar-refractivity contribution >= 4 is 10.9 Å². The molecule has 0 unspecified atom stereocenters. The molecule has 0 aliphatic carbocycles. The highest BCUT2D eigenvalue weighted by Gasteiger charge is 2.13. The fraction of sp³-hybridized carbons (Fsp3) is 0.455. The van der Waals surface area contributed by atoms with E-state index in [2.05, 4.69) is 19.9 Å². The molecule has 1 saturated heterocycles. The minimum absolute atomic E-state index is 0.107. The third kappa shape index (κ3) is 4.29. The van der Waals surface area contributed by atoms with Crippen LogP contribution in [-0.4, -0.2) is 50.7 Å². The predicted octanol–water partition coefficient (Wildman–Crippen LogP) is 3.05. The Balaban J connectivity index is 1.45. The van der Waals surface area contributed by atoms with E-state index in [9.17, 15) is 4.79 Å². The van der Waals surface area contributed by atoms with Crippen molar-refractivity contribution in [3.05, 3.63) is 52.3 Å². The molecule has 0 atom stereocenters. The Bertz CT molecular complexity index is 1040. The van der Waals surface area contributed by atoms with Crippen LogP contribution in [-0.2, 0) is 0 Å². The maximum Gasteiger partial charge on any atom is 0.316 e. The molecule has 0 amide bonds. The van der Waals surface area contributed by atoms with Gasteiger partial charge in [0, 0.05) is 6.54 Å². The summed E-state index contributed by atoms with van der Waals surface area (Å²) >= 11 is 0. The molecule has 1 aliphatic rings. The standard InChI is InChI=1S/C22H27N5O2/c1-16-8-6-9-19-20(16)21(28)27(17(2)25-19)18-14-23-22(24-15-18)29-13-7-12-26-10-4-3-5-11-26/h6,8-9,14-15H,3-5,7,10-13H2,1-2H3. The Kier molecular flexibility index (Phi) is 5.85. The van der Waals surface area contributed by atoms with Gasteiger partial charge in [-0.15, -0.1) is 0 Å². The molecule has 1 aliphatic heterocycles. The maximum atomic E-state index is 13.0. The lowest BCUT2D eigenvalue weighted by molar-refractivity contribution is 0.200. The summed E-state index contributed by atoms with van der Waals surface area (Å²) < 4.78 is 7.24. The number of piperidine rings is 1. The molecule has 1 fully saturated rings. The number of aromatic nitrogens is 4. The smallest absolute Gasteiger partial charge is 0.316 e. The number of fused-ring (bicyclic) bond motifs is 1. The van der Waals surface area contributed by atoms with Crippen molar-refractivity contribution in [2.24, 2.45) is 0 Å². The van der Waals surface area contributed by atoms with Gasteiger partial charge in [-0.2, -0.15) is 0 Å². The summed E-state index contributed by atoms with van der Waals surface area (Å²) in [5.41, 5.74) is 2.09.